The van der Waals surface area contributed by atoms with Gasteiger partial charge in [-0.2, -0.15) is 0 Å². The molecule has 0 aromatic heterocycles. The van der Waals surface area contributed by atoms with Crippen LogP contribution >= 0.6 is 0 Å². The summed E-state index contributed by atoms with van der Waals surface area (Å²) in [6, 6.07) is 4.89. The number of nitrogens with one attached hydrogen (secondary N) is 1. The third-order valence-corrected chi connectivity index (χ3v) is 5.57. The van der Waals surface area contributed by atoms with Gasteiger partial charge in [-0.1, -0.05) is 6.92 Å². The summed E-state index contributed by atoms with van der Waals surface area (Å²) >= 11 is 0. The lowest BCUT2D eigenvalue weighted by Gasteiger charge is -2.41. The monoisotopic (exact) mass is 268 g/mol. The van der Waals surface area contributed by atoms with Crippen LogP contribution in [0.1, 0.15) is 38.2 Å². The molecule has 2 rings (SSSR count). The minimum Gasteiger partial charge on any atom is -0.399 e. The van der Waals surface area contributed by atoms with E-state index in [1.807, 2.05) is 6.92 Å². The van der Waals surface area contributed by atoms with Crippen LogP contribution in [0.5, 0.6) is 0 Å². The Balaban J connectivity index is 2.31. The van der Waals surface area contributed by atoms with E-state index < -0.39 is 10.0 Å². The quantitative estimate of drug-likeness (QED) is 0.822. The van der Waals surface area contributed by atoms with Gasteiger partial charge in [0.15, 0.2) is 0 Å². The molecule has 18 heavy (non-hydrogen) atoms. The molecule has 0 unspecified atom stereocenters. The van der Waals surface area contributed by atoms with E-state index in [2.05, 4.69) is 4.72 Å². The van der Waals surface area contributed by atoms with Gasteiger partial charge >= 0.3 is 0 Å². The fourth-order valence-electron chi connectivity index (χ4n) is 2.45. The summed E-state index contributed by atoms with van der Waals surface area (Å²) in [5, 5.41) is 0. The zero-order valence-corrected chi connectivity index (χ0v) is 11.7. The molecule has 0 atom stereocenters. The van der Waals surface area contributed by atoms with E-state index in [-0.39, 0.29) is 5.54 Å². The van der Waals surface area contributed by atoms with E-state index >= 15 is 0 Å². The molecule has 1 saturated carbocycles. The molecule has 100 valence electrons. The van der Waals surface area contributed by atoms with Crippen molar-refractivity contribution in [2.24, 2.45) is 0 Å². The highest BCUT2D eigenvalue weighted by Gasteiger charge is 2.39. The Morgan fingerprint density at radius 3 is 2.50 bits per heavy atom. The summed E-state index contributed by atoms with van der Waals surface area (Å²) in [5.41, 5.74) is 6.69. The largest absolute Gasteiger partial charge is 0.399 e. The third kappa shape index (κ3) is 2.37. The van der Waals surface area contributed by atoms with Crippen molar-refractivity contribution in [2.45, 2.75) is 50.0 Å². The van der Waals surface area contributed by atoms with Crippen molar-refractivity contribution < 1.29 is 8.42 Å². The number of rotatable bonds is 4. The van der Waals surface area contributed by atoms with Gasteiger partial charge in [0.05, 0.1) is 4.90 Å². The Morgan fingerprint density at radius 1 is 1.39 bits per heavy atom. The highest BCUT2D eigenvalue weighted by atomic mass is 32.2. The Kier molecular flexibility index (Phi) is 3.38. The highest BCUT2D eigenvalue weighted by Crippen LogP contribution is 2.36. The molecule has 1 aromatic carbocycles. The normalized spacial score (nSPS) is 18.3. The predicted molar refractivity (Wildman–Crippen MR) is 72.8 cm³/mol. The lowest BCUT2D eigenvalue weighted by atomic mass is 9.76. The van der Waals surface area contributed by atoms with Crippen molar-refractivity contribution in [1.82, 2.24) is 4.72 Å². The SMILES string of the molecule is CCC1(NS(=O)(=O)c2ccc(N)cc2C)CCC1. The molecule has 3 N–H and O–H groups in total. The number of aryl methyl sites for hydroxylation is 1. The maximum atomic E-state index is 12.4. The molecule has 0 amide bonds. The maximum Gasteiger partial charge on any atom is 0.241 e. The lowest BCUT2D eigenvalue weighted by molar-refractivity contribution is 0.214. The predicted octanol–water partition coefficient (Wildman–Crippen LogP) is 2.19. The van der Waals surface area contributed by atoms with E-state index in [0.717, 1.165) is 25.7 Å². The Bertz CT molecular complexity index is 543. The van der Waals surface area contributed by atoms with E-state index in [1.165, 1.54) is 0 Å². The third-order valence-electron chi connectivity index (χ3n) is 3.83. The van der Waals surface area contributed by atoms with Crippen LogP contribution in [0.15, 0.2) is 23.1 Å². The van der Waals surface area contributed by atoms with Crippen molar-refractivity contribution in [2.75, 3.05) is 5.73 Å². The number of hydrogen-bond donors (Lipinski definition) is 2. The van der Waals surface area contributed by atoms with Gasteiger partial charge in [-0.25, -0.2) is 13.1 Å². The molecule has 4 nitrogen and oxygen atoms in total. The van der Waals surface area contributed by atoms with E-state index in [9.17, 15) is 8.42 Å². The van der Waals surface area contributed by atoms with E-state index in [1.54, 1.807) is 25.1 Å². The maximum absolute atomic E-state index is 12.4. The van der Waals surface area contributed by atoms with Crippen molar-refractivity contribution in [3.05, 3.63) is 23.8 Å². The van der Waals surface area contributed by atoms with Crippen LogP contribution in [0.4, 0.5) is 5.69 Å². The van der Waals surface area contributed by atoms with Gasteiger partial charge in [0, 0.05) is 11.2 Å². The number of anilines is 1. The molecule has 1 aromatic rings. The fourth-order valence-corrected chi connectivity index (χ4v) is 4.20. The van der Waals surface area contributed by atoms with Crippen LogP contribution in [0, 0.1) is 6.92 Å². The standard InChI is InChI=1S/C13H20N2O2S/c1-3-13(7-4-8-13)15-18(16,17)12-6-5-11(14)9-10(12)2/h5-6,9,15H,3-4,7-8,14H2,1-2H3. The fraction of sp³-hybridized carbons (Fsp3) is 0.538. The van der Waals surface area contributed by atoms with Crippen LogP contribution in [-0.4, -0.2) is 14.0 Å². The summed E-state index contributed by atoms with van der Waals surface area (Å²) in [6.45, 7) is 3.79. The van der Waals surface area contributed by atoms with Gasteiger partial charge in [-0.15, -0.1) is 0 Å². The van der Waals surface area contributed by atoms with Crippen molar-refractivity contribution in [1.29, 1.82) is 0 Å². The summed E-state index contributed by atoms with van der Waals surface area (Å²) in [7, 11) is -3.44. The van der Waals surface area contributed by atoms with Gasteiger partial charge in [0.2, 0.25) is 10.0 Å². The molecule has 0 heterocycles. The first-order valence-corrected chi connectivity index (χ1v) is 7.77. The minimum absolute atomic E-state index is 0.230. The molecule has 0 bridgehead atoms. The van der Waals surface area contributed by atoms with E-state index in [4.69, 9.17) is 5.73 Å². The van der Waals surface area contributed by atoms with Crippen LogP contribution in [0.25, 0.3) is 0 Å². The average Bonchev–Trinajstić information content (AvgIpc) is 2.23. The number of nitrogens with two attached hydrogens (primary N) is 1. The van der Waals surface area contributed by atoms with Crippen molar-refractivity contribution in [3.63, 3.8) is 0 Å². The Hall–Kier alpha value is -1.07. The topological polar surface area (TPSA) is 72.2 Å². The van der Waals surface area contributed by atoms with Gasteiger partial charge in [0.1, 0.15) is 0 Å². The minimum atomic E-state index is -3.44. The average molecular weight is 268 g/mol. The molecule has 0 saturated heterocycles. The second-order valence-corrected chi connectivity index (χ2v) is 6.77. The zero-order chi connectivity index (χ0) is 13.4. The molecule has 0 spiro atoms. The molecule has 1 aliphatic rings. The van der Waals surface area contributed by atoms with Crippen LogP contribution in [0.2, 0.25) is 0 Å². The molecular weight excluding hydrogens is 248 g/mol. The molecule has 5 heteroatoms. The van der Waals surface area contributed by atoms with Crippen molar-refractivity contribution >= 4 is 15.7 Å². The van der Waals surface area contributed by atoms with Crippen LogP contribution < -0.4 is 10.5 Å². The van der Waals surface area contributed by atoms with Gasteiger partial charge in [0.25, 0.3) is 0 Å². The van der Waals surface area contributed by atoms with E-state index in [0.29, 0.717) is 16.1 Å². The molecule has 0 radical (unpaired) electrons. The first kappa shape index (κ1) is 13.4. The summed E-state index contributed by atoms with van der Waals surface area (Å²) in [5.74, 6) is 0. The lowest BCUT2D eigenvalue weighted by Crippen LogP contribution is -2.52. The summed E-state index contributed by atoms with van der Waals surface area (Å²) in [6.07, 6.45) is 3.78. The smallest absolute Gasteiger partial charge is 0.241 e. The Morgan fingerprint density at radius 2 is 2.06 bits per heavy atom. The Labute approximate surface area is 109 Å². The molecule has 1 aliphatic carbocycles. The molecule has 0 aliphatic heterocycles. The number of benzene rings is 1. The van der Waals surface area contributed by atoms with Gasteiger partial charge in [-0.05, 0) is 56.4 Å². The molecular formula is C13H20N2O2S. The van der Waals surface area contributed by atoms with Gasteiger partial charge in [-0.3, -0.25) is 0 Å². The van der Waals surface area contributed by atoms with Crippen LogP contribution in [0.3, 0.4) is 0 Å². The van der Waals surface area contributed by atoms with Crippen LogP contribution in [-0.2, 0) is 10.0 Å². The first-order valence-electron chi connectivity index (χ1n) is 6.29. The zero-order valence-electron chi connectivity index (χ0n) is 10.9. The summed E-state index contributed by atoms with van der Waals surface area (Å²) < 4.78 is 27.6. The number of hydrogen-bond acceptors (Lipinski definition) is 3. The van der Waals surface area contributed by atoms with Crippen molar-refractivity contribution in [3.8, 4) is 0 Å². The number of nitrogen functional groups attached to an aromatic ring is 1. The second-order valence-electron chi connectivity index (χ2n) is 5.12. The summed E-state index contributed by atoms with van der Waals surface area (Å²) in [4.78, 5) is 0.330. The number of sulfonamides is 1. The first-order chi connectivity index (χ1) is 8.38. The van der Waals surface area contributed by atoms with Gasteiger partial charge < -0.3 is 5.73 Å². The second kappa shape index (κ2) is 4.55. The highest BCUT2D eigenvalue weighted by molar-refractivity contribution is 7.89. The molecule has 1 fully saturated rings.